The van der Waals surface area contributed by atoms with Crippen molar-refractivity contribution < 1.29 is 1.43 Å². The Kier molecular flexibility index (Phi) is 13.6. The Morgan fingerprint density at radius 2 is 1.35 bits per heavy atom. The number of rotatable bonds is 12. The fourth-order valence-corrected chi connectivity index (χ4v) is 4.05. The van der Waals surface area contributed by atoms with Crippen LogP contribution in [-0.4, -0.2) is 17.2 Å². The summed E-state index contributed by atoms with van der Waals surface area (Å²) in [5, 5.41) is 0. The van der Waals surface area contributed by atoms with Crippen molar-refractivity contribution >= 4 is 5.71 Å². The van der Waals surface area contributed by atoms with E-state index >= 15 is 0 Å². The van der Waals surface area contributed by atoms with Crippen LogP contribution in [0.5, 0.6) is 0 Å². The van der Waals surface area contributed by atoms with Crippen molar-refractivity contribution in [3.8, 4) is 11.3 Å². The van der Waals surface area contributed by atoms with Gasteiger partial charge in [-0.2, -0.15) is 0 Å². The Morgan fingerprint density at radius 1 is 0.706 bits per heavy atom. The molecule has 2 heteroatoms. The molecule has 0 aliphatic rings. The normalized spacial score (nSPS) is 10.4. The molecule has 0 unspecified atom stereocenters. The molecule has 34 heavy (non-hydrogen) atoms. The van der Waals surface area contributed by atoms with Crippen LogP contribution in [0.1, 0.15) is 84.5 Å². The summed E-state index contributed by atoms with van der Waals surface area (Å²) in [5.41, 5.74) is 7.62. The Bertz CT molecular complexity index is 948. The van der Waals surface area contributed by atoms with Crippen LogP contribution in [-0.2, 0) is 19.3 Å². The molecule has 3 aromatic rings. The maximum atomic E-state index is 4.99. The van der Waals surface area contributed by atoms with Crippen LogP contribution in [0.25, 0.3) is 11.3 Å². The summed E-state index contributed by atoms with van der Waals surface area (Å²) in [6, 6.07) is 26.0. The van der Waals surface area contributed by atoms with Crippen LogP contribution in [0, 0.1) is 0 Å². The minimum Gasteiger partial charge on any atom is -0.295 e. The fraction of sp³-hybridized carbons (Fsp3) is 0.438. The molecule has 0 aliphatic heterocycles. The molecule has 0 bridgehead atoms. The molecule has 0 radical (unpaired) electrons. The van der Waals surface area contributed by atoms with E-state index in [1.165, 1.54) is 60.9 Å². The fourth-order valence-electron chi connectivity index (χ4n) is 4.05. The lowest BCUT2D eigenvalue weighted by Crippen LogP contribution is -1.98. The molecule has 1 aromatic heterocycles. The Morgan fingerprint density at radius 3 is 1.97 bits per heavy atom. The van der Waals surface area contributed by atoms with Crippen LogP contribution < -0.4 is 0 Å². The zero-order chi connectivity index (χ0) is 24.4. The first kappa shape index (κ1) is 27.5. The van der Waals surface area contributed by atoms with Crippen LogP contribution >= 0.6 is 0 Å². The van der Waals surface area contributed by atoms with Gasteiger partial charge < -0.3 is 0 Å². The van der Waals surface area contributed by atoms with Gasteiger partial charge in [-0.1, -0.05) is 93.3 Å². The van der Waals surface area contributed by atoms with Gasteiger partial charge in [-0.3, -0.25) is 9.98 Å². The van der Waals surface area contributed by atoms with Gasteiger partial charge in [-0.15, -0.1) is 0 Å². The number of unbranched alkanes of at least 4 members (excludes halogenated alkanes) is 4. The van der Waals surface area contributed by atoms with Gasteiger partial charge in [0.05, 0.1) is 5.69 Å². The molecule has 0 fully saturated rings. The van der Waals surface area contributed by atoms with E-state index in [1.54, 1.807) is 0 Å². The summed E-state index contributed by atoms with van der Waals surface area (Å²) in [7, 11) is 0. The molecule has 0 spiro atoms. The molecule has 184 valence electrons. The lowest BCUT2D eigenvalue weighted by Gasteiger charge is -2.10. The number of hydrogen-bond acceptors (Lipinski definition) is 2. The lowest BCUT2D eigenvalue weighted by atomic mass is 10.0. The summed E-state index contributed by atoms with van der Waals surface area (Å²) in [6.45, 7) is 9.23. The van der Waals surface area contributed by atoms with Crippen molar-refractivity contribution in [1.29, 1.82) is 0 Å². The van der Waals surface area contributed by atoms with Crippen LogP contribution in [0.15, 0.2) is 77.8 Å². The number of aryl methyl sites for hydroxylation is 3. The van der Waals surface area contributed by atoms with Gasteiger partial charge in [-0.25, -0.2) is 0 Å². The summed E-state index contributed by atoms with van der Waals surface area (Å²) in [4.78, 5) is 9.03. The monoisotopic (exact) mass is 458 g/mol. The predicted molar refractivity (Wildman–Crippen MR) is 152 cm³/mol. The molecule has 3 rings (SSSR count). The molecular weight excluding hydrogens is 412 g/mol. The number of nitrogens with zero attached hydrogens (tertiary/aromatic N) is 2. The third-order valence-corrected chi connectivity index (χ3v) is 5.79. The average molecular weight is 459 g/mol. The molecule has 2 aromatic carbocycles. The number of benzene rings is 2. The van der Waals surface area contributed by atoms with E-state index in [1.807, 2.05) is 20.8 Å². The minimum atomic E-state index is 0. The molecule has 0 aliphatic carbocycles. The number of pyridine rings is 1. The maximum Gasteiger partial charge on any atom is 0.0708 e. The molecule has 0 amide bonds. The van der Waals surface area contributed by atoms with E-state index in [0.717, 1.165) is 37.2 Å². The SMILES string of the molecule is CCCCCCCc1cc(CCCc2ccccc2)cc(-c2ccccc2)n1.CCN=C(C)C.[HH]. The zero-order valence-corrected chi connectivity index (χ0v) is 21.9. The van der Waals surface area contributed by atoms with E-state index in [0.29, 0.717) is 0 Å². The topological polar surface area (TPSA) is 25.2 Å². The first-order valence-electron chi connectivity index (χ1n) is 13.2. The summed E-state index contributed by atoms with van der Waals surface area (Å²) < 4.78 is 0. The minimum absolute atomic E-state index is 0. The smallest absolute Gasteiger partial charge is 0.0708 e. The van der Waals surface area contributed by atoms with Crippen molar-refractivity contribution in [3.63, 3.8) is 0 Å². The zero-order valence-electron chi connectivity index (χ0n) is 21.9. The largest absolute Gasteiger partial charge is 0.295 e. The maximum absolute atomic E-state index is 4.99. The number of aliphatic imine (C=N–C) groups is 1. The lowest BCUT2D eigenvalue weighted by molar-refractivity contribution is 0.628. The van der Waals surface area contributed by atoms with E-state index in [-0.39, 0.29) is 1.43 Å². The standard InChI is InChI=1S/C27H33N.C5H11N.H2/c1-2-3-4-5-12-20-26-21-24(17-13-16-23-14-8-6-9-15-23)22-27(28-26)25-18-10-7-11-19-25;1-4-6-5(2)3;/h6-11,14-15,18-19,21-22H,2-5,12-13,16-17,20H2,1H3;4H2,1-3H3;1H. The molecule has 2 nitrogen and oxygen atoms in total. The van der Waals surface area contributed by atoms with Crippen molar-refractivity contribution in [2.75, 3.05) is 6.54 Å². The number of aromatic nitrogens is 1. The van der Waals surface area contributed by atoms with Gasteiger partial charge in [0.1, 0.15) is 0 Å². The van der Waals surface area contributed by atoms with Crippen LogP contribution in [0.3, 0.4) is 0 Å². The third-order valence-electron chi connectivity index (χ3n) is 5.79. The average Bonchev–Trinajstić information content (AvgIpc) is 2.85. The summed E-state index contributed by atoms with van der Waals surface area (Å²) in [5.74, 6) is 0. The summed E-state index contributed by atoms with van der Waals surface area (Å²) >= 11 is 0. The molecule has 0 N–H and O–H groups in total. The second-order valence-corrected chi connectivity index (χ2v) is 9.14. The third kappa shape index (κ3) is 11.4. The van der Waals surface area contributed by atoms with Crippen molar-refractivity contribution in [1.82, 2.24) is 4.98 Å². The van der Waals surface area contributed by atoms with Gasteiger partial charge in [0.25, 0.3) is 0 Å². The van der Waals surface area contributed by atoms with Gasteiger partial charge in [-0.05, 0) is 76.1 Å². The Labute approximate surface area is 210 Å². The molecule has 0 atom stereocenters. The van der Waals surface area contributed by atoms with Crippen LogP contribution in [0.2, 0.25) is 0 Å². The highest BCUT2D eigenvalue weighted by Gasteiger charge is 2.06. The molecule has 0 saturated heterocycles. The van der Waals surface area contributed by atoms with Gasteiger partial charge in [0, 0.05) is 24.9 Å². The highest BCUT2D eigenvalue weighted by molar-refractivity contribution is 5.78. The van der Waals surface area contributed by atoms with Crippen molar-refractivity contribution in [2.45, 2.75) is 85.5 Å². The second kappa shape index (κ2) is 16.8. The summed E-state index contributed by atoms with van der Waals surface area (Å²) in [6.07, 6.45) is 11.1. The highest BCUT2D eigenvalue weighted by Crippen LogP contribution is 2.21. The van der Waals surface area contributed by atoms with Crippen molar-refractivity contribution in [2.24, 2.45) is 4.99 Å². The van der Waals surface area contributed by atoms with E-state index < -0.39 is 0 Å². The first-order valence-corrected chi connectivity index (χ1v) is 13.2. The van der Waals surface area contributed by atoms with E-state index in [4.69, 9.17) is 4.98 Å². The number of hydrogen-bond donors (Lipinski definition) is 0. The highest BCUT2D eigenvalue weighted by atomic mass is 14.7. The van der Waals surface area contributed by atoms with E-state index in [2.05, 4.69) is 84.7 Å². The molecular formula is C32H46N2. The Hall–Kier alpha value is -2.74. The van der Waals surface area contributed by atoms with Crippen molar-refractivity contribution in [3.05, 3.63) is 89.6 Å². The van der Waals surface area contributed by atoms with Gasteiger partial charge in [0.15, 0.2) is 0 Å². The second-order valence-electron chi connectivity index (χ2n) is 9.14. The predicted octanol–water partition coefficient (Wildman–Crippen LogP) is 9.17. The van der Waals surface area contributed by atoms with Gasteiger partial charge >= 0.3 is 0 Å². The first-order chi connectivity index (χ1) is 16.6. The quantitative estimate of drug-likeness (QED) is 0.196. The van der Waals surface area contributed by atoms with Gasteiger partial charge in [0.2, 0.25) is 0 Å². The van der Waals surface area contributed by atoms with E-state index in [9.17, 15) is 0 Å². The molecule has 1 heterocycles. The van der Waals surface area contributed by atoms with Crippen LogP contribution in [0.4, 0.5) is 0 Å². The molecule has 0 saturated carbocycles. The Balaban J connectivity index is 0.000000780.